The lowest BCUT2D eigenvalue weighted by atomic mass is 10.2. The summed E-state index contributed by atoms with van der Waals surface area (Å²) in [7, 11) is 0. The predicted molar refractivity (Wildman–Crippen MR) is 97.4 cm³/mol. The maximum Gasteiger partial charge on any atom is 0.256 e. The van der Waals surface area contributed by atoms with Crippen molar-refractivity contribution in [3.05, 3.63) is 66.1 Å². The van der Waals surface area contributed by atoms with Gasteiger partial charge in [0.2, 0.25) is 0 Å². The monoisotopic (exact) mass is 334 g/mol. The zero-order valence-corrected chi connectivity index (χ0v) is 14.4. The third-order valence-corrected chi connectivity index (χ3v) is 4.77. The van der Waals surface area contributed by atoms with Gasteiger partial charge in [0, 0.05) is 18.4 Å². The van der Waals surface area contributed by atoms with Crippen molar-refractivity contribution in [2.75, 3.05) is 0 Å². The number of rotatable bonds is 4. The molecule has 5 nitrogen and oxygen atoms in total. The Balaban J connectivity index is 1.76. The Morgan fingerprint density at radius 3 is 2.64 bits per heavy atom. The van der Waals surface area contributed by atoms with Crippen LogP contribution in [0, 0.1) is 6.92 Å². The number of aromatic nitrogens is 3. The highest BCUT2D eigenvalue weighted by Gasteiger charge is 2.23. The minimum absolute atomic E-state index is 0.0468. The molecule has 1 fully saturated rings. The number of benzene rings is 1. The van der Waals surface area contributed by atoms with Crippen LogP contribution in [0.1, 0.15) is 41.6 Å². The zero-order chi connectivity index (χ0) is 17.2. The summed E-state index contributed by atoms with van der Waals surface area (Å²) in [5.74, 6) is 0.723. The molecule has 0 atom stereocenters. The zero-order valence-electron chi connectivity index (χ0n) is 14.4. The van der Waals surface area contributed by atoms with Crippen LogP contribution >= 0.6 is 0 Å². The van der Waals surface area contributed by atoms with Crippen LogP contribution in [0.4, 0.5) is 0 Å². The van der Waals surface area contributed by atoms with Crippen molar-refractivity contribution in [1.29, 1.82) is 0 Å². The molecular formula is C20H22N4O. The van der Waals surface area contributed by atoms with Crippen molar-refractivity contribution in [2.24, 2.45) is 0 Å². The van der Waals surface area contributed by atoms with Crippen molar-refractivity contribution in [1.82, 2.24) is 19.7 Å². The van der Waals surface area contributed by atoms with Gasteiger partial charge in [-0.2, -0.15) is 5.10 Å². The van der Waals surface area contributed by atoms with E-state index in [0.29, 0.717) is 5.56 Å². The Kier molecular flexibility index (Phi) is 4.14. The van der Waals surface area contributed by atoms with Crippen LogP contribution in [0.5, 0.6) is 0 Å². The van der Waals surface area contributed by atoms with Gasteiger partial charge >= 0.3 is 0 Å². The molecule has 1 aliphatic rings. The van der Waals surface area contributed by atoms with E-state index in [4.69, 9.17) is 0 Å². The summed E-state index contributed by atoms with van der Waals surface area (Å²) in [4.78, 5) is 12.9. The summed E-state index contributed by atoms with van der Waals surface area (Å²) in [5, 5.41) is 7.68. The van der Waals surface area contributed by atoms with Gasteiger partial charge in [-0.15, -0.1) is 0 Å². The van der Waals surface area contributed by atoms with Gasteiger partial charge in [0.1, 0.15) is 5.56 Å². The Morgan fingerprint density at radius 1 is 1.16 bits per heavy atom. The molecule has 3 aromatic rings. The molecule has 2 aromatic heterocycles. The van der Waals surface area contributed by atoms with Gasteiger partial charge in [-0.25, -0.2) is 4.68 Å². The lowest BCUT2D eigenvalue weighted by Crippen LogP contribution is -2.33. The molecular weight excluding hydrogens is 312 g/mol. The Bertz CT molecular complexity index is 873. The lowest BCUT2D eigenvalue weighted by molar-refractivity contribution is 0.0938. The molecule has 0 unspecified atom stereocenters. The summed E-state index contributed by atoms with van der Waals surface area (Å²) < 4.78 is 3.77. The first-order valence-corrected chi connectivity index (χ1v) is 8.81. The van der Waals surface area contributed by atoms with Crippen molar-refractivity contribution in [2.45, 2.75) is 38.6 Å². The molecule has 0 spiro atoms. The molecule has 0 saturated heterocycles. The number of hydrogen-bond donors (Lipinski definition) is 1. The van der Waals surface area contributed by atoms with Gasteiger partial charge in [0.25, 0.3) is 5.91 Å². The van der Waals surface area contributed by atoms with Crippen LogP contribution < -0.4 is 5.32 Å². The van der Waals surface area contributed by atoms with Crippen LogP contribution in [-0.2, 0) is 0 Å². The van der Waals surface area contributed by atoms with E-state index in [1.54, 1.807) is 6.20 Å². The molecule has 0 bridgehead atoms. The van der Waals surface area contributed by atoms with E-state index in [-0.39, 0.29) is 11.9 Å². The molecule has 1 saturated carbocycles. The summed E-state index contributed by atoms with van der Waals surface area (Å²) >= 11 is 0. The molecule has 5 heteroatoms. The van der Waals surface area contributed by atoms with Crippen molar-refractivity contribution in [3.63, 3.8) is 0 Å². The summed E-state index contributed by atoms with van der Waals surface area (Å²) in [5.41, 5.74) is 2.71. The van der Waals surface area contributed by atoms with E-state index < -0.39 is 0 Å². The Morgan fingerprint density at radius 2 is 1.92 bits per heavy atom. The molecule has 1 aromatic carbocycles. The standard InChI is InChI=1S/C20H22N4O/c1-15-7-6-10-17(13-15)24-20(23-11-4-5-12-23)18(14-21-24)19(25)22-16-8-2-3-9-16/h4-7,10-14,16H,2-3,8-9H2,1H3,(H,22,25). The van der Waals surface area contributed by atoms with Gasteiger partial charge in [-0.1, -0.05) is 25.0 Å². The number of hydrogen-bond acceptors (Lipinski definition) is 2. The predicted octanol–water partition coefficient (Wildman–Crippen LogP) is 3.64. The van der Waals surface area contributed by atoms with Gasteiger partial charge < -0.3 is 9.88 Å². The van der Waals surface area contributed by atoms with Crippen LogP contribution in [0.2, 0.25) is 0 Å². The first-order valence-electron chi connectivity index (χ1n) is 8.81. The minimum Gasteiger partial charge on any atom is -0.349 e. The van der Waals surface area contributed by atoms with E-state index in [0.717, 1.165) is 29.9 Å². The molecule has 1 N–H and O–H groups in total. The number of aryl methyl sites for hydroxylation is 1. The fourth-order valence-corrected chi connectivity index (χ4v) is 3.51. The summed E-state index contributed by atoms with van der Waals surface area (Å²) in [6.07, 6.45) is 10.1. The fraction of sp³-hybridized carbons (Fsp3) is 0.300. The molecule has 128 valence electrons. The van der Waals surface area contributed by atoms with Gasteiger partial charge in [-0.05, 0) is 49.6 Å². The Labute approximate surface area is 147 Å². The third-order valence-electron chi connectivity index (χ3n) is 4.77. The van der Waals surface area contributed by atoms with Crippen LogP contribution in [0.15, 0.2) is 55.0 Å². The third kappa shape index (κ3) is 3.09. The normalized spacial score (nSPS) is 14.8. The SMILES string of the molecule is Cc1cccc(-n2ncc(C(=O)NC3CCCC3)c2-n2cccc2)c1. The van der Waals surface area contributed by atoms with E-state index in [1.807, 2.05) is 45.9 Å². The van der Waals surface area contributed by atoms with E-state index in [2.05, 4.69) is 29.5 Å². The second kappa shape index (κ2) is 6.59. The molecule has 4 rings (SSSR count). The minimum atomic E-state index is -0.0468. The van der Waals surface area contributed by atoms with Gasteiger partial charge in [0.15, 0.2) is 5.82 Å². The highest BCUT2D eigenvalue weighted by molar-refractivity contribution is 5.97. The number of nitrogens with one attached hydrogen (secondary N) is 1. The number of nitrogens with zero attached hydrogens (tertiary/aromatic N) is 3. The first kappa shape index (κ1) is 15.7. The smallest absolute Gasteiger partial charge is 0.256 e. The van der Waals surface area contributed by atoms with Crippen LogP contribution in [0.25, 0.3) is 11.5 Å². The largest absolute Gasteiger partial charge is 0.349 e. The lowest BCUT2D eigenvalue weighted by Gasteiger charge is -2.14. The summed E-state index contributed by atoms with van der Waals surface area (Å²) in [6.45, 7) is 2.05. The molecule has 2 heterocycles. The fourth-order valence-electron chi connectivity index (χ4n) is 3.51. The van der Waals surface area contributed by atoms with Crippen molar-refractivity contribution >= 4 is 5.91 Å². The van der Waals surface area contributed by atoms with Crippen LogP contribution in [0.3, 0.4) is 0 Å². The highest BCUT2D eigenvalue weighted by Crippen LogP contribution is 2.22. The maximum absolute atomic E-state index is 12.9. The number of carbonyl (C=O) groups is 1. The average molecular weight is 334 g/mol. The molecule has 1 aliphatic carbocycles. The quantitative estimate of drug-likeness (QED) is 0.792. The van der Waals surface area contributed by atoms with E-state index in [9.17, 15) is 4.79 Å². The van der Waals surface area contributed by atoms with Gasteiger partial charge in [0.05, 0.1) is 11.9 Å². The maximum atomic E-state index is 12.9. The molecule has 0 aliphatic heterocycles. The van der Waals surface area contributed by atoms with E-state index >= 15 is 0 Å². The second-order valence-corrected chi connectivity index (χ2v) is 6.68. The summed E-state index contributed by atoms with van der Waals surface area (Å²) in [6, 6.07) is 12.3. The second-order valence-electron chi connectivity index (χ2n) is 6.68. The van der Waals surface area contributed by atoms with Crippen molar-refractivity contribution < 1.29 is 4.79 Å². The molecule has 1 amide bonds. The Hall–Kier alpha value is -2.82. The molecule has 25 heavy (non-hydrogen) atoms. The van der Waals surface area contributed by atoms with Crippen molar-refractivity contribution in [3.8, 4) is 11.5 Å². The van der Waals surface area contributed by atoms with Gasteiger partial charge in [-0.3, -0.25) is 4.79 Å². The van der Waals surface area contributed by atoms with Crippen LogP contribution in [-0.4, -0.2) is 26.3 Å². The van der Waals surface area contributed by atoms with E-state index in [1.165, 1.54) is 12.8 Å². The number of amides is 1. The first-order chi connectivity index (χ1) is 12.2. The topological polar surface area (TPSA) is 51.9 Å². The average Bonchev–Trinajstić information content (AvgIpc) is 3.35. The number of carbonyl (C=O) groups excluding carboxylic acids is 1. The highest BCUT2D eigenvalue weighted by atomic mass is 16.1. The molecule has 0 radical (unpaired) electrons.